The smallest absolute Gasteiger partial charge is 0.273 e. The quantitative estimate of drug-likeness (QED) is 0.678. The van der Waals surface area contributed by atoms with Gasteiger partial charge < -0.3 is 10.5 Å². The Morgan fingerprint density at radius 2 is 2.22 bits per heavy atom. The molecule has 2 atom stereocenters. The van der Waals surface area contributed by atoms with Crippen LogP contribution in [0.1, 0.15) is 34.3 Å². The molecule has 1 aliphatic rings. The third-order valence-electron chi connectivity index (χ3n) is 4.78. The van der Waals surface area contributed by atoms with Gasteiger partial charge in [0.15, 0.2) is 11.5 Å². The molecule has 3 aromatic rings. The van der Waals surface area contributed by atoms with Crippen molar-refractivity contribution in [1.82, 2.24) is 24.8 Å². The normalized spacial score (nSPS) is 20.3. The lowest BCUT2D eigenvalue weighted by Gasteiger charge is -2.06. The Hall–Kier alpha value is -2.81. The predicted octanol–water partition coefficient (Wildman–Crippen LogP) is 2.27. The van der Waals surface area contributed by atoms with Crippen LogP contribution in [0.3, 0.4) is 0 Å². The van der Waals surface area contributed by atoms with Gasteiger partial charge >= 0.3 is 0 Å². The standard InChI is InChI=1S/C18H21N7OS/c1-9-5-15(24-25-10(2)22-23-17(9)25)14(20-3)7-13(19)11-6-12(11)16-8-21-18(26-4)27-16/h5,7-8,11-12H,6,19H2,1-4H3/b13-7-,20-14?. The fraction of sp³-hybridized carbons (Fsp3) is 0.389. The van der Waals surface area contributed by atoms with Gasteiger partial charge in [0.2, 0.25) is 0 Å². The highest BCUT2D eigenvalue weighted by atomic mass is 32.1. The lowest BCUT2D eigenvalue weighted by atomic mass is 10.1. The number of aliphatic imine (C=N–C) groups is 1. The fourth-order valence-corrected chi connectivity index (χ4v) is 4.09. The lowest BCUT2D eigenvalue weighted by Crippen LogP contribution is -2.11. The molecule has 1 fully saturated rings. The van der Waals surface area contributed by atoms with E-state index in [1.807, 2.05) is 32.2 Å². The third-order valence-corrected chi connectivity index (χ3v) is 5.87. The number of nitrogens with zero attached hydrogens (tertiary/aromatic N) is 6. The molecule has 3 heterocycles. The van der Waals surface area contributed by atoms with Crippen LogP contribution in [-0.4, -0.2) is 44.7 Å². The number of nitrogens with two attached hydrogens (primary N) is 1. The fourth-order valence-electron chi connectivity index (χ4n) is 3.19. The summed E-state index contributed by atoms with van der Waals surface area (Å²) < 4.78 is 6.92. The number of aromatic nitrogens is 5. The zero-order chi connectivity index (χ0) is 19.1. The Labute approximate surface area is 160 Å². The molecule has 0 aromatic carbocycles. The molecule has 0 bridgehead atoms. The van der Waals surface area contributed by atoms with Gasteiger partial charge in [-0.25, -0.2) is 4.98 Å². The average Bonchev–Trinajstić information content (AvgIpc) is 3.16. The molecule has 1 saturated carbocycles. The summed E-state index contributed by atoms with van der Waals surface area (Å²) in [5.41, 5.74) is 10.5. The molecule has 4 rings (SSSR count). The van der Waals surface area contributed by atoms with E-state index in [9.17, 15) is 0 Å². The summed E-state index contributed by atoms with van der Waals surface area (Å²) in [5, 5.41) is 13.6. The maximum Gasteiger partial charge on any atom is 0.273 e. The topological polar surface area (TPSA) is 104 Å². The second-order valence-corrected chi connectivity index (χ2v) is 7.65. The molecule has 1 aliphatic carbocycles. The van der Waals surface area contributed by atoms with Crippen LogP contribution in [0.25, 0.3) is 5.65 Å². The summed E-state index contributed by atoms with van der Waals surface area (Å²) in [6, 6.07) is 1.97. The second-order valence-electron chi connectivity index (χ2n) is 6.63. The summed E-state index contributed by atoms with van der Waals surface area (Å²) in [4.78, 5) is 9.85. The zero-order valence-corrected chi connectivity index (χ0v) is 16.5. The highest BCUT2D eigenvalue weighted by Crippen LogP contribution is 2.52. The largest absolute Gasteiger partial charge is 0.473 e. The van der Waals surface area contributed by atoms with E-state index in [0.29, 0.717) is 17.0 Å². The Balaban J connectivity index is 1.59. The van der Waals surface area contributed by atoms with Crippen molar-refractivity contribution in [3.05, 3.63) is 46.0 Å². The Bertz CT molecular complexity index is 1070. The van der Waals surface area contributed by atoms with Gasteiger partial charge in [-0.1, -0.05) is 11.3 Å². The molecule has 0 spiro atoms. The van der Waals surface area contributed by atoms with Crippen LogP contribution >= 0.6 is 11.3 Å². The first kappa shape index (κ1) is 17.6. The third kappa shape index (κ3) is 3.18. The number of ether oxygens (including phenoxy) is 1. The number of methoxy groups -OCH3 is 1. The average molecular weight is 383 g/mol. The predicted molar refractivity (Wildman–Crippen MR) is 105 cm³/mol. The molecule has 27 heavy (non-hydrogen) atoms. The summed E-state index contributed by atoms with van der Waals surface area (Å²) in [7, 11) is 3.38. The first-order valence-corrected chi connectivity index (χ1v) is 9.47. The number of aryl methyl sites for hydroxylation is 2. The van der Waals surface area contributed by atoms with Crippen molar-refractivity contribution in [3.63, 3.8) is 0 Å². The minimum absolute atomic E-state index is 0.299. The van der Waals surface area contributed by atoms with Crippen LogP contribution in [0.5, 0.6) is 5.19 Å². The van der Waals surface area contributed by atoms with Gasteiger partial charge in [-0.2, -0.15) is 9.61 Å². The Morgan fingerprint density at radius 3 is 2.93 bits per heavy atom. The maximum absolute atomic E-state index is 6.39. The molecule has 2 unspecified atom stereocenters. The van der Waals surface area contributed by atoms with E-state index < -0.39 is 0 Å². The highest BCUT2D eigenvalue weighted by molar-refractivity contribution is 7.13. The second kappa shape index (κ2) is 6.73. The molecular formula is C18H21N7OS. The van der Waals surface area contributed by atoms with E-state index in [-0.39, 0.29) is 0 Å². The van der Waals surface area contributed by atoms with Crippen molar-refractivity contribution < 1.29 is 4.74 Å². The first-order valence-electron chi connectivity index (χ1n) is 8.65. The van der Waals surface area contributed by atoms with Gasteiger partial charge in [0.05, 0.1) is 12.8 Å². The van der Waals surface area contributed by atoms with Gasteiger partial charge in [-0.15, -0.1) is 10.2 Å². The van der Waals surface area contributed by atoms with Gasteiger partial charge in [0, 0.05) is 35.7 Å². The van der Waals surface area contributed by atoms with E-state index >= 15 is 0 Å². The van der Waals surface area contributed by atoms with Crippen LogP contribution < -0.4 is 10.5 Å². The minimum Gasteiger partial charge on any atom is -0.473 e. The SMILES string of the molecule is CN=C(/C=C(\N)C1CC1c1cnc(OC)s1)c1cc(C)c2nnc(C)n2n1. The molecular weight excluding hydrogens is 362 g/mol. The van der Waals surface area contributed by atoms with Crippen molar-refractivity contribution in [3.8, 4) is 5.19 Å². The van der Waals surface area contributed by atoms with Crippen molar-refractivity contribution in [2.24, 2.45) is 16.6 Å². The van der Waals surface area contributed by atoms with Gasteiger partial charge in [0.25, 0.3) is 5.19 Å². The zero-order valence-electron chi connectivity index (χ0n) is 15.7. The summed E-state index contributed by atoms with van der Waals surface area (Å²) in [6.07, 6.45) is 4.82. The number of hydrogen-bond acceptors (Lipinski definition) is 8. The monoisotopic (exact) mass is 383 g/mol. The van der Waals surface area contributed by atoms with Crippen molar-refractivity contribution in [2.75, 3.05) is 14.2 Å². The Morgan fingerprint density at radius 1 is 1.41 bits per heavy atom. The molecule has 2 N–H and O–H groups in total. The number of fused-ring (bicyclic) bond motifs is 1. The summed E-state index contributed by atoms with van der Waals surface area (Å²) >= 11 is 1.58. The van der Waals surface area contributed by atoms with E-state index in [4.69, 9.17) is 10.5 Å². The van der Waals surface area contributed by atoms with Gasteiger partial charge in [-0.3, -0.25) is 4.99 Å². The highest BCUT2D eigenvalue weighted by Gasteiger charge is 2.41. The first-order chi connectivity index (χ1) is 13.0. The van der Waals surface area contributed by atoms with Crippen LogP contribution in [0.15, 0.2) is 29.0 Å². The molecule has 140 valence electrons. The van der Waals surface area contributed by atoms with Crippen molar-refractivity contribution in [2.45, 2.75) is 26.2 Å². The number of allylic oxidation sites excluding steroid dienone is 2. The summed E-state index contributed by atoms with van der Waals surface area (Å²) in [6.45, 7) is 3.87. The van der Waals surface area contributed by atoms with E-state index in [1.165, 1.54) is 4.88 Å². The number of hydrogen-bond donors (Lipinski definition) is 1. The van der Waals surface area contributed by atoms with E-state index in [1.54, 1.807) is 30.0 Å². The molecule has 9 heteroatoms. The molecule has 8 nitrogen and oxygen atoms in total. The van der Waals surface area contributed by atoms with E-state index in [2.05, 4.69) is 25.3 Å². The molecule has 3 aromatic heterocycles. The van der Waals surface area contributed by atoms with Crippen LogP contribution in [0, 0.1) is 19.8 Å². The number of rotatable bonds is 5. The molecule has 0 aliphatic heterocycles. The minimum atomic E-state index is 0.299. The molecule has 0 saturated heterocycles. The van der Waals surface area contributed by atoms with Gasteiger partial charge in [0.1, 0.15) is 5.69 Å². The summed E-state index contributed by atoms with van der Waals surface area (Å²) in [5.74, 6) is 1.44. The van der Waals surface area contributed by atoms with Crippen molar-refractivity contribution in [1.29, 1.82) is 0 Å². The molecule has 0 radical (unpaired) electrons. The van der Waals surface area contributed by atoms with Crippen LogP contribution in [0.2, 0.25) is 0 Å². The van der Waals surface area contributed by atoms with Crippen molar-refractivity contribution >= 4 is 22.7 Å². The van der Waals surface area contributed by atoms with Crippen LogP contribution in [0.4, 0.5) is 0 Å². The lowest BCUT2D eigenvalue weighted by molar-refractivity contribution is 0.412. The van der Waals surface area contributed by atoms with Crippen LogP contribution in [-0.2, 0) is 0 Å². The Kier molecular flexibility index (Phi) is 4.39. The maximum atomic E-state index is 6.39. The molecule has 0 amide bonds. The number of thiazole rings is 1. The van der Waals surface area contributed by atoms with Gasteiger partial charge in [-0.05, 0) is 38.0 Å². The van der Waals surface area contributed by atoms with E-state index in [0.717, 1.165) is 40.6 Å².